The SMILES string of the molecule is Cc1ccc(-c2nc(C(=O)N3CCc4cnccc43)cs2)cc1. The number of amides is 1. The van der Waals surface area contributed by atoms with E-state index >= 15 is 0 Å². The van der Waals surface area contributed by atoms with Gasteiger partial charge in [0, 0.05) is 29.9 Å². The van der Waals surface area contributed by atoms with Gasteiger partial charge in [-0.05, 0) is 25.0 Å². The Hall–Kier alpha value is -2.53. The average molecular weight is 321 g/mol. The average Bonchev–Trinajstić information content (AvgIpc) is 3.22. The van der Waals surface area contributed by atoms with Crippen LogP contribution in [0.3, 0.4) is 0 Å². The van der Waals surface area contributed by atoms with E-state index in [-0.39, 0.29) is 5.91 Å². The van der Waals surface area contributed by atoms with E-state index in [9.17, 15) is 4.79 Å². The number of nitrogens with zero attached hydrogens (tertiary/aromatic N) is 3. The summed E-state index contributed by atoms with van der Waals surface area (Å²) in [5.41, 5.74) is 4.84. The molecule has 0 unspecified atom stereocenters. The van der Waals surface area contributed by atoms with Crippen LogP contribution in [0.25, 0.3) is 10.6 Å². The van der Waals surface area contributed by atoms with E-state index in [0.717, 1.165) is 28.2 Å². The summed E-state index contributed by atoms with van der Waals surface area (Å²) in [6, 6.07) is 10.1. The molecular formula is C18H15N3OS. The summed E-state index contributed by atoms with van der Waals surface area (Å²) in [5.74, 6) is -0.0374. The van der Waals surface area contributed by atoms with Gasteiger partial charge in [0.2, 0.25) is 0 Å². The van der Waals surface area contributed by atoms with E-state index in [1.165, 1.54) is 16.9 Å². The molecule has 0 atom stereocenters. The molecule has 0 radical (unpaired) electrons. The lowest BCUT2D eigenvalue weighted by Crippen LogP contribution is -2.29. The number of hydrogen-bond donors (Lipinski definition) is 0. The molecule has 3 aromatic rings. The van der Waals surface area contributed by atoms with Crippen molar-refractivity contribution in [2.24, 2.45) is 0 Å². The molecule has 0 aliphatic carbocycles. The van der Waals surface area contributed by atoms with Crippen LogP contribution in [0, 0.1) is 6.92 Å². The van der Waals surface area contributed by atoms with Crippen LogP contribution >= 0.6 is 11.3 Å². The van der Waals surface area contributed by atoms with Crippen LogP contribution in [0.5, 0.6) is 0 Å². The Balaban J connectivity index is 1.62. The first-order valence-electron chi connectivity index (χ1n) is 7.50. The van der Waals surface area contributed by atoms with Gasteiger partial charge in [0.05, 0.1) is 5.69 Å². The van der Waals surface area contributed by atoms with Crippen molar-refractivity contribution in [1.82, 2.24) is 9.97 Å². The molecule has 5 heteroatoms. The van der Waals surface area contributed by atoms with E-state index in [1.54, 1.807) is 11.1 Å². The van der Waals surface area contributed by atoms with Gasteiger partial charge in [0.1, 0.15) is 10.7 Å². The van der Waals surface area contributed by atoms with Crippen LogP contribution in [0.15, 0.2) is 48.1 Å². The second-order valence-corrected chi connectivity index (χ2v) is 6.47. The summed E-state index contributed by atoms with van der Waals surface area (Å²) in [7, 11) is 0. The number of thiazole rings is 1. The molecule has 1 aliphatic heterocycles. The van der Waals surface area contributed by atoms with Crippen molar-refractivity contribution < 1.29 is 4.79 Å². The minimum absolute atomic E-state index is 0.0374. The van der Waals surface area contributed by atoms with Crippen LogP contribution in [0.1, 0.15) is 21.6 Å². The summed E-state index contributed by atoms with van der Waals surface area (Å²) in [4.78, 5) is 23.2. The highest BCUT2D eigenvalue weighted by atomic mass is 32.1. The highest BCUT2D eigenvalue weighted by Crippen LogP contribution is 2.30. The van der Waals surface area contributed by atoms with E-state index in [0.29, 0.717) is 12.2 Å². The molecule has 1 aromatic carbocycles. The van der Waals surface area contributed by atoms with Gasteiger partial charge in [0.25, 0.3) is 5.91 Å². The van der Waals surface area contributed by atoms with Crippen molar-refractivity contribution in [2.45, 2.75) is 13.3 Å². The van der Waals surface area contributed by atoms with E-state index < -0.39 is 0 Å². The van der Waals surface area contributed by atoms with Gasteiger partial charge in [-0.15, -0.1) is 11.3 Å². The standard InChI is InChI=1S/C18H15N3OS/c1-12-2-4-13(5-3-12)17-20-15(11-23-17)18(22)21-9-7-14-10-19-8-6-16(14)21/h2-6,8,10-11H,7,9H2,1H3. The molecule has 0 spiro atoms. The molecule has 114 valence electrons. The van der Waals surface area contributed by atoms with Gasteiger partial charge in [-0.25, -0.2) is 4.98 Å². The molecule has 0 N–H and O–H groups in total. The van der Waals surface area contributed by atoms with Gasteiger partial charge in [-0.1, -0.05) is 29.8 Å². The van der Waals surface area contributed by atoms with Crippen LogP contribution in [0.4, 0.5) is 5.69 Å². The zero-order valence-electron chi connectivity index (χ0n) is 12.7. The van der Waals surface area contributed by atoms with Crippen LogP contribution < -0.4 is 4.90 Å². The summed E-state index contributed by atoms with van der Waals surface area (Å²) >= 11 is 1.51. The third kappa shape index (κ3) is 2.53. The minimum atomic E-state index is -0.0374. The zero-order chi connectivity index (χ0) is 15.8. The lowest BCUT2D eigenvalue weighted by molar-refractivity contribution is 0.0985. The van der Waals surface area contributed by atoms with Crippen molar-refractivity contribution in [3.8, 4) is 10.6 Å². The Bertz CT molecular complexity index is 870. The first-order chi connectivity index (χ1) is 11.2. The number of fused-ring (bicyclic) bond motifs is 1. The summed E-state index contributed by atoms with van der Waals surface area (Å²) < 4.78 is 0. The number of anilines is 1. The van der Waals surface area contributed by atoms with E-state index in [1.807, 2.05) is 29.8 Å². The smallest absolute Gasteiger partial charge is 0.277 e. The van der Waals surface area contributed by atoms with Gasteiger partial charge >= 0.3 is 0 Å². The molecule has 0 bridgehead atoms. The van der Waals surface area contributed by atoms with Crippen LogP contribution in [-0.4, -0.2) is 22.4 Å². The van der Waals surface area contributed by atoms with Crippen molar-refractivity contribution in [3.63, 3.8) is 0 Å². The van der Waals surface area contributed by atoms with Gasteiger partial charge in [0.15, 0.2) is 0 Å². The quantitative estimate of drug-likeness (QED) is 0.723. The summed E-state index contributed by atoms with van der Waals surface area (Å²) in [5, 5.41) is 2.72. The van der Waals surface area contributed by atoms with E-state index in [2.05, 4.69) is 29.0 Å². The van der Waals surface area contributed by atoms with Crippen molar-refractivity contribution in [1.29, 1.82) is 0 Å². The monoisotopic (exact) mass is 321 g/mol. The number of aromatic nitrogens is 2. The van der Waals surface area contributed by atoms with Crippen molar-refractivity contribution in [2.75, 3.05) is 11.4 Å². The predicted molar refractivity (Wildman–Crippen MR) is 91.9 cm³/mol. The van der Waals surface area contributed by atoms with Gasteiger partial charge in [-0.2, -0.15) is 0 Å². The third-order valence-electron chi connectivity index (χ3n) is 4.04. The molecular weight excluding hydrogens is 306 g/mol. The number of carbonyl (C=O) groups excluding carboxylic acids is 1. The Morgan fingerprint density at radius 2 is 2.04 bits per heavy atom. The highest BCUT2D eigenvalue weighted by Gasteiger charge is 2.27. The largest absolute Gasteiger partial charge is 0.306 e. The molecule has 4 nitrogen and oxygen atoms in total. The lowest BCUT2D eigenvalue weighted by Gasteiger charge is -2.15. The normalized spacial score (nSPS) is 13.2. The highest BCUT2D eigenvalue weighted by molar-refractivity contribution is 7.13. The molecule has 3 heterocycles. The molecule has 2 aromatic heterocycles. The number of carbonyl (C=O) groups is 1. The van der Waals surface area contributed by atoms with Crippen molar-refractivity contribution in [3.05, 3.63) is 64.9 Å². The number of benzene rings is 1. The van der Waals surface area contributed by atoms with Crippen LogP contribution in [-0.2, 0) is 6.42 Å². The molecule has 1 aliphatic rings. The fraction of sp³-hybridized carbons (Fsp3) is 0.167. The second kappa shape index (κ2) is 5.59. The third-order valence-corrected chi connectivity index (χ3v) is 4.93. The lowest BCUT2D eigenvalue weighted by atomic mass is 10.2. The maximum absolute atomic E-state index is 12.8. The summed E-state index contributed by atoms with van der Waals surface area (Å²) in [6.45, 7) is 2.75. The van der Waals surface area contributed by atoms with Gasteiger partial charge in [-0.3, -0.25) is 9.78 Å². The number of hydrogen-bond acceptors (Lipinski definition) is 4. The Kier molecular flexibility index (Phi) is 3.42. The first kappa shape index (κ1) is 14.1. The van der Waals surface area contributed by atoms with Gasteiger partial charge < -0.3 is 4.90 Å². The van der Waals surface area contributed by atoms with E-state index in [4.69, 9.17) is 0 Å². The fourth-order valence-corrected chi connectivity index (χ4v) is 3.58. The van der Waals surface area contributed by atoms with Crippen LogP contribution in [0.2, 0.25) is 0 Å². The summed E-state index contributed by atoms with van der Waals surface area (Å²) in [6.07, 6.45) is 4.41. The topological polar surface area (TPSA) is 46.1 Å². The Morgan fingerprint density at radius 1 is 1.22 bits per heavy atom. The minimum Gasteiger partial charge on any atom is -0.306 e. The zero-order valence-corrected chi connectivity index (χ0v) is 13.5. The van der Waals surface area contributed by atoms with Crippen molar-refractivity contribution >= 4 is 22.9 Å². The predicted octanol–water partition coefficient (Wildman–Crippen LogP) is 3.72. The fourth-order valence-electron chi connectivity index (χ4n) is 2.78. The molecule has 1 amide bonds. The molecule has 0 saturated heterocycles. The molecule has 0 fully saturated rings. The number of rotatable bonds is 2. The second-order valence-electron chi connectivity index (χ2n) is 5.62. The number of pyridine rings is 1. The maximum Gasteiger partial charge on any atom is 0.277 e. The number of aryl methyl sites for hydroxylation is 1. The molecule has 4 rings (SSSR count). The molecule has 23 heavy (non-hydrogen) atoms. The Morgan fingerprint density at radius 3 is 2.87 bits per heavy atom. The molecule has 0 saturated carbocycles. The first-order valence-corrected chi connectivity index (χ1v) is 8.37. The maximum atomic E-state index is 12.8. The Labute approximate surface area is 138 Å².